The molecule has 2 aromatic carbocycles. The first-order valence-electron chi connectivity index (χ1n) is 11.4. The van der Waals surface area contributed by atoms with Crippen molar-refractivity contribution >= 4 is 53.9 Å². The molecule has 0 saturated carbocycles. The lowest BCUT2D eigenvalue weighted by Gasteiger charge is -2.14. The highest BCUT2D eigenvalue weighted by atomic mass is 32.2. The molecule has 4 rings (SSSR count). The summed E-state index contributed by atoms with van der Waals surface area (Å²) in [5.74, 6) is -2.19. The molecule has 3 aromatic rings. The van der Waals surface area contributed by atoms with Gasteiger partial charge in [-0.3, -0.25) is 14.3 Å². The number of hydrogen-bond acceptors (Lipinski definition) is 7. The van der Waals surface area contributed by atoms with Crippen molar-refractivity contribution in [3.8, 4) is 5.75 Å². The van der Waals surface area contributed by atoms with Gasteiger partial charge in [0.2, 0.25) is 20.0 Å². The van der Waals surface area contributed by atoms with Crippen LogP contribution in [0.25, 0.3) is 16.5 Å². The van der Waals surface area contributed by atoms with E-state index < -0.39 is 43.8 Å². The molecule has 0 spiro atoms. The summed E-state index contributed by atoms with van der Waals surface area (Å²) >= 11 is 0. The molecule has 1 aliphatic rings. The smallest absolute Gasteiger partial charge is 0.406 e. The summed E-state index contributed by atoms with van der Waals surface area (Å²) in [5, 5.41) is 0.0284. The quantitative estimate of drug-likeness (QED) is 0.405. The fourth-order valence-corrected chi connectivity index (χ4v) is 5.30. The summed E-state index contributed by atoms with van der Waals surface area (Å²) < 4.78 is 96.0. The maximum atomic E-state index is 13.4. The lowest BCUT2D eigenvalue weighted by atomic mass is 9.93. The van der Waals surface area contributed by atoms with Crippen LogP contribution >= 0.6 is 0 Å². The lowest BCUT2D eigenvalue weighted by molar-refractivity contribution is -0.274. The Morgan fingerprint density at radius 3 is 2.40 bits per heavy atom. The number of allylic oxidation sites excluding steroid dienone is 4. The third-order valence-electron chi connectivity index (χ3n) is 5.60. The van der Waals surface area contributed by atoms with E-state index in [4.69, 9.17) is 0 Å². The van der Waals surface area contributed by atoms with Crippen LogP contribution in [0.15, 0.2) is 60.7 Å². The second-order valence-corrected chi connectivity index (χ2v) is 12.4. The van der Waals surface area contributed by atoms with Crippen molar-refractivity contribution in [3.05, 3.63) is 77.5 Å². The van der Waals surface area contributed by atoms with Crippen LogP contribution < -0.4 is 14.2 Å². The van der Waals surface area contributed by atoms with Gasteiger partial charge in [-0.25, -0.2) is 21.6 Å². The fourth-order valence-electron chi connectivity index (χ4n) is 4.32. The van der Waals surface area contributed by atoms with Crippen molar-refractivity contribution in [2.45, 2.75) is 19.3 Å². The highest BCUT2D eigenvalue weighted by molar-refractivity contribution is 7.92. The molecular weight excluding hydrogens is 575 g/mol. The van der Waals surface area contributed by atoms with Gasteiger partial charge >= 0.3 is 6.36 Å². The van der Waals surface area contributed by atoms with Crippen LogP contribution in [0.3, 0.4) is 0 Å². The van der Waals surface area contributed by atoms with Crippen molar-refractivity contribution in [3.63, 3.8) is 0 Å². The average molecular weight is 598 g/mol. The van der Waals surface area contributed by atoms with Crippen LogP contribution in [0.5, 0.6) is 5.75 Å². The molecule has 0 atom stereocenters. The number of carbonyl (C=O) groups excluding carboxylic acids is 2. The van der Waals surface area contributed by atoms with E-state index in [0.29, 0.717) is 5.56 Å². The molecular formula is C25H22F3N3O7S2. The van der Waals surface area contributed by atoms with Gasteiger partial charge in [0.25, 0.3) is 5.91 Å². The van der Waals surface area contributed by atoms with Gasteiger partial charge in [0, 0.05) is 40.7 Å². The minimum Gasteiger partial charge on any atom is -0.406 e. The molecule has 0 aliphatic heterocycles. The van der Waals surface area contributed by atoms with E-state index >= 15 is 0 Å². The van der Waals surface area contributed by atoms with Crippen molar-refractivity contribution in [1.82, 2.24) is 9.29 Å². The predicted molar refractivity (Wildman–Crippen MR) is 142 cm³/mol. The second-order valence-electron chi connectivity index (χ2n) is 8.95. The number of sulfonamides is 2. The zero-order valence-corrected chi connectivity index (χ0v) is 22.6. The van der Waals surface area contributed by atoms with E-state index in [1.807, 2.05) is 4.72 Å². The Labute approximate surface area is 227 Å². The number of rotatable bonds is 8. The van der Waals surface area contributed by atoms with Gasteiger partial charge in [-0.2, -0.15) is 0 Å². The third-order valence-corrected chi connectivity index (χ3v) is 6.77. The van der Waals surface area contributed by atoms with Gasteiger partial charge in [0.05, 0.1) is 12.5 Å². The van der Waals surface area contributed by atoms with Gasteiger partial charge in [-0.15, -0.1) is 13.2 Å². The van der Waals surface area contributed by atoms with E-state index in [1.165, 1.54) is 34.9 Å². The number of nitrogens with zero attached hydrogens (tertiary/aromatic N) is 1. The maximum Gasteiger partial charge on any atom is 0.573 e. The minimum absolute atomic E-state index is 0.0125. The number of halogens is 3. The molecule has 1 heterocycles. The average Bonchev–Trinajstić information content (AvgIpc) is 3.09. The number of anilines is 1. The van der Waals surface area contributed by atoms with E-state index in [2.05, 4.69) is 9.46 Å². The topological polar surface area (TPSA) is 141 Å². The zero-order valence-electron chi connectivity index (χ0n) is 20.9. The van der Waals surface area contributed by atoms with Crippen LogP contribution in [-0.2, 0) is 31.4 Å². The first-order chi connectivity index (χ1) is 18.5. The molecule has 1 aromatic heterocycles. The predicted octanol–water partition coefficient (Wildman–Crippen LogP) is 3.56. The molecule has 15 heteroatoms. The number of aromatic nitrogens is 1. The third kappa shape index (κ3) is 6.90. The molecule has 2 N–H and O–H groups in total. The Hall–Kier alpha value is -4.11. The molecule has 0 fully saturated rings. The highest BCUT2D eigenvalue weighted by Crippen LogP contribution is 2.38. The Morgan fingerprint density at radius 1 is 1.05 bits per heavy atom. The molecule has 0 radical (unpaired) electrons. The largest absolute Gasteiger partial charge is 0.573 e. The first-order valence-corrected chi connectivity index (χ1v) is 15.2. The molecule has 10 nitrogen and oxygen atoms in total. The number of Topliss-reactive ketones (excluding diaryl/α,β-unsaturated/α-hetero) is 1. The number of nitrogens with one attached hydrogen (secondary N) is 2. The van der Waals surface area contributed by atoms with Crippen molar-refractivity contribution in [2.75, 3.05) is 17.2 Å². The number of fused-ring (bicyclic) bond motifs is 1. The minimum atomic E-state index is -5.03. The van der Waals surface area contributed by atoms with Gasteiger partial charge in [-0.05, 0) is 35.9 Å². The van der Waals surface area contributed by atoms with E-state index in [-0.39, 0.29) is 46.4 Å². The van der Waals surface area contributed by atoms with Crippen LogP contribution in [0.2, 0.25) is 0 Å². The lowest BCUT2D eigenvalue weighted by Crippen LogP contribution is -2.32. The standard InChI is InChI=1S/C25H22F3N3O7S2/c1-39(34,35)29-16-7-5-6-15(12-16)14-31-20-11-10-17(38-25(26,27)28)13-19(20)22(18-8-3-4-9-21(18)32)23(31)24(33)30-40(2,36)37/h3-8,10-13,29H,9,14H2,1-2H3,(H,30,33). The van der Waals surface area contributed by atoms with Crippen LogP contribution in [0.4, 0.5) is 18.9 Å². The number of carbonyl (C=O) groups is 2. The monoisotopic (exact) mass is 597 g/mol. The van der Waals surface area contributed by atoms with Crippen LogP contribution in [0, 0.1) is 0 Å². The molecule has 0 bridgehead atoms. The van der Waals surface area contributed by atoms with Gasteiger partial charge < -0.3 is 9.30 Å². The molecule has 40 heavy (non-hydrogen) atoms. The fraction of sp³-hybridized carbons (Fsp3) is 0.200. The summed E-state index contributed by atoms with van der Waals surface area (Å²) in [6.45, 7) is -0.154. The van der Waals surface area contributed by atoms with E-state index in [0.717, 1.165) is 24.6 Å². The molecule has 0 unspecified atom stereocenters. The SMILES string of the molecule is CS(=O)(=O)NC(=O)c1c(C2=CC=CCC2=O)c2cc(OC(F)(F)F)ccc2n1Cc1cccc(NS(C)(=O)=O)c1. The Balaban J connectivity index is 2.01. The number of ketones is 1. The summed E-state index contributed by atoms with van der Waals surface area (Å²) in [6.07, 6.45) is 1.11. The summed E-state index contributed by atoms with van der Waals surface area (Å²) in [6, 6.07) is 9.39. The van der Waals surface area contributed by atoms with Crippen LogP contribution in [0.1, 0.15) is 28.0 Å². The second kappa shape index (κ2) is 10.5. The maximum absolute atomic E-state index is 13.4. The summed E-state index contributed by atoms with van der Waals surface area (Å²) in [4.78, 5) is 26.3. The number of benzene rings is 2. The van der Waals surface area contributed by atoms with Gasteiger partial charge in [-0.1, -0.05) is 30.4 Å². The normalized spacial score (nSPS) is 14.2. The van der Waals surface area contributed by atoms with Crippen LogP contribution in [-0.4, -0.2) is 52.0 Å². The van der Waals surface area contributed by atoms with Gasteiger partial charge in [0.1, 0.15) is 11.4 Å². The first kappa shape index (κ1) is 28.9. The molecule has 1 aliphatic carbocycles. The highest BCUT2D eigenvalue weighted by Gasteiger charge is 2.33. The number of alkyl halides is 3. The summed E-state index contributed by atoms with van der Waals surface area (Å²) in [5.41, 5.74) is 0.443. The number of hydrogen-bond donors (Lipinski definition) is 2. The number of ether oxygens (including phenoxy) is 1. The summed E-state index contributed by atoms with van der Waals surface area (Å²) in [7, 11) is -7.72. The number of amides is 1. The van der Waals surface area contributed by atoms with Gasteiger partial charge in [0.15, 0.2) is 5.78 Å². The van der Waals surface area contributed by atoms with E-state index in [9.17, 15) is 39.6 Å². The van der Waals surface area contributed by atoms with Crippen molar-refractivity contribution in [1.29, 1.82) is 0 Å². The zero-order chi connectivity index (χ0) is 29.5. The Bertz CT molecular complexity index is 1810. The van der Waals surface area contributed by atoms with E-state index in [1.54, 1.807) is 18.2 Å². The molecule has 212 valence electrons. The Morgan fingerprint density at radius 2 is 1.77 bits per heavy atom. The molecule has 0 saturated heterocycles. The van der Waals surface area contributed by atoms with Crippen molar-refractivity contribution in [2.24, 2.45) is 0 Å². The Kier molecular flexibility index (Phi) is 7.56. The molecule has 1 amide bonds. The van der Waals surface area contributed by atoms with Crippen molar-refractivity contribution < 1.29 is 44.3 Å².